The van der Waals surface area contributed by atoms with E-state index >= 15 is 0 Å². The van der Waals surface area contributed by atoms with Crippen molar-refractivity contribution in [3.8, 4) is 0 Å². The first-order chi connectivity index (χ1) is 6.20. The molecule has 1 unspecified atom stereocenters. The fraction of sp³-hybridized carbons (Fsp3) is 0.667. The van der Waals surface area contributed by atoms with E-state index in [9.17, 15) is 4.79 Å². The van der Waals surface area contributed by atoms with Gasteiger partial charge in [0.25, 0.3) is 0 Å². The third-order valence-corrected chi connectivity index (χ3v) is 2.25. The first-order valence-corrected chi connectivity index (χ1v) is 4.39. The van der Waals surface area contributed by atoms with Gasteiger partial charge in [-0.3, -0.25) is 4.90 Å². The van der Waals surface area contributed by atoms with Crippen LogP contribution < -0.4 is 0 Å². The van der Waals surface area contributed by atoms with Crippen LogP contribution in [0.3, 0.4) is 0 Å². The molecule has 1 amide bonds. The van der Waals surface area contributed by atoms with Crippen LogP contribution in [-0.2, 0) is 4.74 Å². The molecule has 0 radical (unpaired) electrons. The maximum atomic E-state index is 11.2. The molecule has 0 spiro atoms. The van der Waals surface area contributed by atoms with Crippen LogP contribution >= 0.6 is 0 Å². The van der Waals surface area contributed by atoms with Gasteiger partial charge in [-0.2, -0.15) is 0 Å². The Balaban J connectivity index is 2.64. The normalized spacial score (nSPS) is 24.3. The van der Waals surface area contributed by atoms with Crippen molar-refractivity contribution in [1.29, 1.82) is 0 Å². The molecular weight excluding hydrogens is 170 g/mol. The van der Waals surface area contributed by atoms with E-state index in [1.165, 1.54) is 0 Å². The Labute approximate surface area is 77.8 Å². The minimum Gasteiger partial charge on any atom is -0.447 e. The van der Waals surface area contributed by atoms with Crippen LogP contribution in [0.1, 0.15) is 13.3 Å². The van der Waals surface area contributed by atoms with Crippen LogP contribution in [0.4, 0.5) is 4.79 Å². The van der Waals surface area contributed by atoms with Gasteiger partial charge < -0.3 is 9.84 Å². The van der Waals surface area contributed by atoms with E-state index in [-0.39, 0.29) is 24.8 Å². The third-order valence-electron chi connectivity index (χ3n) is 2.25. The lowest BCUT2D eigenvalue weighted by Gasteiger charge is -2.24. The molecule has 4 heteroatoms. The van der Waals surface area contributed by atoms with Crippen LogP contribution in [0.25, 0.3) is 0 Å². The molecule has 0 saturated carbocycles. The molecule has 1 aliphatic heterocycles. The zero-order valence-corrected chi connectivity index (χ0v) is 7.77. The average Bonchev–Trinajstić information content (AvgIpc) is 2.47. The standard InChI is InChI=1S/C9H15NO3/c1-3-7(2)10-8(4-5-11)6-13-9(10)12/h3,7-8,11H,1,4-6H2,2H3/t7?,8-/m1/s1. The largest absolute Gasteiger partial charge is 0.447 e. The molecule has 0 aromatic rings. The number of ether oxygens (including phenoxy) is 1. The number of rotatable bonds is 4. The lowest BCUT2D eigenvalue weighted by atomic mass is 10.1. The van der Waals surface area contributed by atoms with E-state index in [0.717, 1.165) is 0 Å². The number of aliphatic hydroxyl groups is 1. The number of carbonyl (C=O) groups excluding carboxylic acids is 1. The Hall–Kier alpha value is -1.03. The van der Waals surface area contributed by atoms with Crippen molar-refractivity contribution in [2.45, 2.75) is 25.4 Å². The van der Waals surface area contributed by atoms with Crippen LogP contribution in [0.5, 0.6) is 0 Å². The van der Waals surface area contributed by atoms with Crippen molar-refractivity contribution in [3.05, 3.63) is 12.7 Å². The zero-order valence-electron chi connectivity index (χ0n) is 7.77. The molecule has 0 aliphatic carbocycles. The van der Waals surface area contributed by atoms with Gasteiger partial charge in [0.1, 0.15) is 6.61 Å². The van der Waals surface area contributed by atoms with Gasteiger partial charge in [0, 0.05) is 6.61 Å². The molecule has 13 heavy (non-hydrogen) atoms. The van der Waals surface area contributed by atoms with E-state index < -0.39 is 0 Å². The van der Waals surface area contributed by atoms with Gasteiger partial charge in [-0.15, -0.1) is 6.58 Å². The number of hydrogen-bond donors (Lipinski definition) is 1. The number of hydrogen-bond acceptors (Lipinski definition) is 3. The third kappa shape index (κ3) is 2.01. The van der Waals surface area contributed by atoms with E-state index in [1.54, 1.807) is 11.0 Å². The molecule has 74 valence electrons. The van der Waals surface area contributed by atoms with Gasteiger partial charge in [0.15, 0.2) is 0 Å². The highest BCUT2D eigenvalue weighted by molar-refractivity contribution is 5.70. The molecule has 0 bridgehead atoms. The maximum absolute atomic E-state index is 11.2. The number of aliphatic hydroxyl groups excluding tert-OH is 1. The van der Waals surface area contributed by atoms with Gasteiger partial charge >= 0.3 is 6.09 Å². The molecular formula is C9H15NO3. The van der Waals surface area contributed by atoms with Gasteiger partial charge in [-0.1, -0.05) is 6.08 Å². The molecule has 1 fully saturated rings. The molecule has 0 aromatic carbocycles. The summed E-state index contributed by atoms with van der Waals surface area (Å²) in [7, 11) is 0. The highest BCUT2D eigenvalue weighted by atomic mass is 16.6. The summed E-state index contributed by atoms with van der Waals surface area (Å²) in [5.41, 5.74) is 0. The summed E-state index contributed by atoms with van der Waals surface area (Å²) in [6.07, 6.45) is 1.94. The van der Waals surface area contributed by atoms with Crippen molar-refractivity contribution >= 4 is 6.09 Å². The fourth-order valence-corrected chi connectivity index (χ4v) is 1.46. The fourth-order valence-electron chi connectivity index (χ4n) is 1.46. The van der Waals surface area contributed by atoms with Crippen molar-refractivity contribution in [1.82, 2.24) is 4.90 Å². The maximum Gasteiger partial charge on any atom is 0.410 e. The smallest absolute Gasteiger partial charge is 0.410 e. The number of cyclic esters (lactones) is 1. The van der Waals surface area contributed by atoms with Crippen LogP contribution in [0.15, 0.2) is 12.7 Å². The summed E-state index contributed by atoms with van der Waals surface area (Å²) >= 11 is 0. The summed E-state index contributed by atoms with van der Waals surface area (Å²) in [6, 6.07) is -0.0444. The first kappa shape index (κ1) is 10.1. The van der Waals surface area contributed by atoms with E-state index in [0.29, 0.717) is 13.0 Å². The summed E-state index contributed by atoms with van der Waals surface area (Å²) < 4.78 is 4.88. The molecule has 0 aromatic heterocycles. The number of carbonyl (C=O) groups is 1. The average molecular weight is 185 g/mol. The Kier molecular flexibility index (Phi) is 3.31. The van der Waals surface area contributed by atoms with Crippen LogP contribution in [-0.4, -0.2) is 41.4 Å². The van der Waals surface area contributed by atoms with Gasteiger partial charge in [0.05, 0.1) is 12.1 Å². The molecule has 1 aliphatic rings. The molecule has 4 nitrogen and oxygen atoms in total. The predicted molar refractivity (Wildman–Crippen MR) is 48.3 cm³/mol. The Bertz CT molecular complexity index is 205. The highest BCUT2D eigenvalue weighted by Gasteiger charge is 2.34. The highest BCUT2D eigenvalue weighted by Crippen LogP contribution is 2.18. The van der Waals surface area contributed by atoms with Crippen molar-refractivity contribution in [3.63, 3.8) is 0 Å². The van der Waals surface area contributed by atoms with Crippen molar-refractivity contribution in [2.24, 2.45) is 0 Å². The summed E-state index contributed by atoms with van der Waals surface area (Å²) in [5, 5.41) is 8.77. The van der Waals surface area contributed by atoms with Crippen LogP contribution in [0.2, 0.25) is 0 Å². The molecule has 1 rings (SSSR count). The number of amides is 1. The molecule has 1 N–H and O–H groups in total. The Morgan fingerprint density at radius 3 is 3.15 bits per heavy atom. The predicted octanol–water partition coefficient (Wildman–Crippen LogP) is 0.764. The minimum absolute atomic E-state index is 0.00880. The molecule has 2 atom stereocenters. The second-order valence-corrected chi connectivity index (χ2v) is 3.13. The molecule has 1 heterocycles. The van der Waals surface area contributed by atoms with Gasteiger partial charge in [0.2, 0.25) is 0 Å². The number of nitrogens with zero attached hydrogens (tertiary/aromatic N) is 1. The summed E-state index contributed by atoms with van der Waals surface area (Å²) in [6.45, 7) is 5.94. The quantitative estimate of drug-likeness (QED) is 0.658. The van der Waals surface area contributed by atoms with Crippen molar-refractivity contribution < 1.29 is 14.6 Å². The Morgan fingerprint density at radius 1 is 1.92 bits per heavy atom. The summed E-state index contributed by atoms with van der Waals surface area (Å²) in [4.78, 5) is 12.8. The lowest BCUT2D eigenvalue weighted by molar-refractivity contribution is 0.151. The second-order valence-electron chi connectivity index (χ2n) is 3.13. The minimum atomic E-state index is -0.314. The van der Waals surface area contributed by atoms with E-state index in [1.807, 2.05) is 6.92 Å². The first-order valence-electron chi connectivity index (χ1n) is 4.39. The van der Waals surface area contributed by atoms with E-state index in [4.69, 9.17) is 9.84 Å². The van der Waals surface area contributed by atoms with Crippen molar-refractivity contribution in [2.75, 3.05) is 13.2 Å². The topological polar surface area (TPSA) is 49.8 Å². The monoisotopic (exact) mass is 185 g/mol. The van der Waals surface area contributed by atoms with Gasteiger partial charge in [-0.25, -0.2) is 4.79 Å². The zero-order chi connectivity index (χ0) is 9.84. The molecule has 1 saturated heterocycles. The van der Waals surface area contributed by atoms with Gasteiger partial charge in [-0.05, 0) is 13.3 Å². The lowest BCUT2D eigenvalue weighted by Crippen LogP contribution is -2.39. The SMILES string of the molecule is C=CC(C)N1C(=O)OC[C@H]1CCO. The van der Waals surface area contributed by atoms with Crippen LogP contribution in [0, 0.1) is 0 Å². The van der Waals surface area contributed by atoms with E-state index in [2.05, 4.69) is 6.58 Å². The second kappa shape index (κ2) is 4.28. The Morgan fingerprint density at radius 2 is 2.62 bits per heavy atom. The summed E-state index contributed by atoms with van der Waals surface area (Å²) in [5.74, 6) is 0.